The number of piperidine rings is 1. The Labute approximate surface area is 148 Å². The summed E-state index contributed by atoms with van der Waals surface area (Å²) in [7, 11) is 0. The molecule has 1 atom stereocenters. The van der Waals surface area contributed by atoms with Crippen molar-refractivity contribution in [3.63, 3.8) is 0 Å². The molecule has 2 rings (SSSR count). The van der Waals surface area contributed by atoms with Crippen molar-refractivity contribution in [2.24, 2.45) is 5.73 Å². The number of primary amides is 1. The van der Waals surface area contributed by atoms with E-state index in [1.54, 1.807) is 24.3 Å². The van der Waals surface area contributed by atoms with Crippen LogP contribution in [0.5, 0.6) is 5.75 Å². The lowest BCUT2D eigenvalue weighted by molar-refractivity contribution is -0.156. The van der Waals surface area contributed by atoms with Gasteiger partial charge in [0.1, 0.15) is 11.8 Å². The van der Waals surface area contributed by atoms with Crippen LogP contribution in [0.25, 0.3) is 0 Å². The molecule has 0 spiro atoms. The Morgan fingerprint density at radius 3 is 2.54 bits per heavy atom. The van der Waals surface area contributed by atoms with Crippen molar-refractivity contribution in [1.29, 1.82) is 0 Å². The van der Waals surface area contributed by atoms with Crippen LogP contribution in [-0.2, 0) is 19.1 Å². The monoisotopic (exact) mass is 398 g/mol. The molecule has 130 valence electrons. The summed E-state index contributed by atoms with van der Waals surface area (Å²) in [5.74, 6) is -1.09. The van der Waals surface area contributed by atoms with Gasteiger partial charge in [-0.1, -0.05) is 15.9 Å². The molecule has 0 saturated carbocycles. The van der Waals surface area contributed by atoms with Crippen molar-refractivity contribution in [3.05, 3.63) is 28.7 Å². The zero-order valence-corrected chi connectivity index (χ0v) is 14.7. The maximum Gasteiger partial charge on any atom is 0.344 e. The Bertz CT molecular complexity index is 605. The molecule has 2 N–H and O–H groups in total. The van der Waals surface area contributed by atoms with Gasteiger partial charge in [0.15, 0.2) is 13.2 Å². The Hall–Kier alpha value is -2.09. The maximum atomic E-state index is 12.1. The first-order valence-electron chi connectivity index (χ1n) is 7.60. The van der Waals surface area contributed by atoms with Gasteiger partial charge in [-0.05, 0) is 43.5 Å². The number of nitrogens with zero attached hydrogens (tertiary/aromatic N) is 1. The van der Waals surface area contributed by atoms with Gasteiger partial charge < -0.3 is 20.1 Å². The molecule has 2 amide bonds. The van der Waals surface area contributed by atoms with Gasteiger partial charge in [0.05, 0.1) is 0 Å². The second-order valence-corrected chi connectivity index (χ2v) is 6.32. The zero-order chi connectivity index (χ0) is 17.5. The highest BCUT2D eigenvalue weighted by Gasteiger charge is 2.30. The average Bonchev–Trinajstić information content (AvgIpc) is 2.59. The van der Waals surface area contributed by atoms with Crippen molar-refractivity contribution in [3.8, 4) is 5.75 Å². The maximum absolute atomic E-state index is 12.1. The highest BCUT2D eigenvalue weighted by atomic mass is 79.9. The Morgan fingerprint density at radius 1 is 1.17 bits per heavy atom. The minimum atomic E-state index is -0.654. The first kappa shape index (κ1) is 18.3. The van der Waals surface area contributed by atoms with E-state index in [1.165, 1.54) is 4.90 Å². The molecule has 1 fully saturated rings. The van der Waals surface area contributed by atoms with Crippen LogP contribution < -0.4 is 10.5 Å². The lowest BCUT2D eigenvalue weighted by atomic mass is 10.0. The van der Waals surface area contributed by atoms with Crippen molar-refractivity contribution in [1.82, 2.24) is 4.90 Å². The van der Waals surface area contributed by atoms with Gasteiger partial charge >= 0.3 is 5.97 Å². The van der Waals surface area contributed by atoms with E-state index in [9.17, 15) is 14.4 Å². The molecule has 1 aromatic carbocycles. The fourth-order valence-electron chi connectivity index (χ4n) is 2.47. The van der Waals surface area contributed by atoms with E-state index in [1.807, 2.05) is 0 Å². The Kier molecular flexibility index (Phi) is 6.60. The summed E-state index contributed by atoms with van der Waals surface area (Å²) in [5, 5.41) is 0. The fraction of sp³-hybridized carbons (Fsp3) is 0.438. The summed E-state index contributed by atoms with van der Waals surface area (Å²) in [6.45, 7) is -0.278. The third-order valence-electron chi connectivity index (χ3n) is 3.68. The highest BCUT2D eigenvalue weighted by Crippen LogP contribution is 2.17. The smallest absolute Gasteiger partial charge is 0.344 e. The van der Waals surface area contributed by atoms with E-state index in [2.05, 4.69) is 15.9 Å². The molecule has 0 aliphatic carbocycles. The van der Waals surface area contributed by atoms with Gasteiger partial charge in [0.25, 0.3) is 5.91 Å². The minimum absolute atomic E-state index is 0.297. The second-order valence-electron chi connectivity index (χ2n) is 5.40. The topological polar surface area (TPSA) is 98.9 Å². The second kappa shape index (κ2) is 8.68. The number of likely N-dealkylation sites (tertiary alicyclic amines) is 1. The Morgan fingerprint density at radius 2 is 1.88 bits per heavy atom. The molecule has 1 aliphatic rings. The summed E-state index contributed by atoms with van der Waals surface area (Å²) in [6, 6.07) is 6.35. The number of ether oxygens (including phenoxy) is 2. The van der Waals surface area contributed by atoms with E-state index in [4.69, 9.17) is 15.2 Å². The van der Waals surface area contributed by atoms with Crippen LogP contribution in [0.4, 0.5) is 0 Å². The van der Waals surface area contributed by atoms with Gasteiger partial charge in [0, 0.05) is 11.0 Å². The van der Waals surface area contributed by atoms with E-state index in [-0.39, 0.29) is 6.61 Å². The summed E-state index contributed by atoms with van der Waals surface area (Å²) >= 11 is 3.30. The van der Waals surface area contributed by atoms with Gasteiger partial charge in [-0.25, -0.2) is 4.79 Å². The SMILES string of the molecule is NC(=O)[C@H]1CCCCN1C(=O)COC(=O)COc1ccc(Br)cc1. The largest absolute Gasteiger partial charge is 0.482 e. The first-order valence-corrected chi connectivity index (χ1v) is 8.39. The lowest BCUT2D eigenvalue weighted by Gasteiger charge is -2.33. The highest BCUT2D eigenvalue weighted by molar-refractivity contribution is 9.10. The summed E-state index contributed by atoms with van der Waals surface area (Å²) in [4.78, 5) is 36.6. The molecule has 24 heavy (non-hydrogen) atoms. The van der Waals surface area contributed by atoms with E-state index < -0.39 is 30.4 Å². The van der Waals surface area contributed by atoms with Gasteiger partial charge in [-0.3, -0.25) is 9.59 Å². The normalized spacial score (nSPS) is 17.2. The molecule has 1 aliphatic heterocycles. The third kappa shape index (κ3) is 5.23. The van der Waals surface area contributed by atoms with Crippen molar-refractivity contribution in [2.75, 3.05) is 19.8 Å². The number of amides is 2. The molecule has 0 radical (unpaired) electrons. The molecular formula is C16H19BrN2O5. The average molecular weight is 399 g/mol. The van der Waals surface area contributed by atoms with E-state index in [0.29, 0.717) is 18.7 Å². The van der Waals surface area contributed by atoms with Crippen LogP contribution in [0.3, 0.4) is 0 Å². The van der Waals surface area contributed by atoms with Crippen LogP contribution >= 0.6 is 15.9 Å². The number of carbonyl (C=O) groups is 3. The van der Waals surface area contributed by atoms with Gasteiger partial charge in [0.2, 0.25) is 5.91 Å². The number of rotatable bonds is 6. The van der Waals surface area contributed by atoms with E-state index in [0.717, 1.165) is 17.3 Å². The van der Waals surface area contributed by atoms with Crippen molar-refractivity contribution >= 4 is 33.7 Å². The predicted molar refractivity (Wildman–Crippen MR) is 89.1 cm³/mol. The number of benzene rings is 1. The zero-order valence-electron chi connectivity index (χ0n) is 13.1. The molecule has 1 aromatic rings. The molecule has 1 heterocycles. The van der Waals surface area contributed by atoms with Crippen LogP contribution in [0.15, 0.2) is 28.7 Å². The number of hydrogen-bond donors (Lipinski definition) is 1. The van der Waals surface area contributed by atoms with Gasteiger partial charge in [-0.2, -0.15) is 0 Å². The Balaban J connectivity index is 1.77. The number of nitrogens with two attached hydrogens (primary N) is 1. The van der Waals surface area contributed by atoms with E-state index >= 15 is 0 Å². The van der Waals surface area contributed by atoms with Crippen molar-refractivity contribution < 1.29 is 23.9 Å². The van der Waals surface area contributed by atoms with Crippen LogP contribution in [0, 0.1) is 0 Å². The van der Waals surface area contributed by atoms with Gasteiger partial charge in [-0.15, -0.1) is 0 Å². The third-order valence-corrected chi connectivity index (χ3v) is 4.21. The summed E-state index contributed by atoms with van der Waals surface area (Å²) < 4.78 is 11.1. The first-order chi connectivity index (χ1) is 11.5. The predicted octanol–water partition coefficient (Wildman–Crippen LogP) is 1.24. The van der Waals surface area contributed by atoms with Crippen LogP contribution in [0.1, 0.15) is 19.3 Å². The molecule has 1 saturated heterocycles. The number of esters is 1. The molecule has 0 aromatic heterocycles. The fourth-order valence-corrected chi connectivity index (χ4v) is 2.73. The molecule has 0 bridgehead atoms. The summed E-state index contributed by atoms with van der Waals surface area (Å²) in [6.07, 6.45) is 2.19. The minimum Gasteiger partial charge on any atom is -0.482 e. The quantitative estimate of drug-likeness (QED) is 0.726. The number of carbonyl (C=O) groups excluding carboxylic acids is 3. The molecule has 7 nitrogen and oxygen atoms in total. The van der Waals surface area contributed by atoms with Crippen LogP contribution in [0.2, 0.25) is 0 Å². The number of halogens is 1. The molecular weight excluding hydrogens is 380 g/mol. The lowest BCUT2D eigenvalue weighted by Crippen LogP contribution is -2.51. The molecule has 0 unspecified atom stereocenters. The molecule has 8 heteroatoms. The number of hydrogen-bond acceptors (Lipinski definition) is 5. The summed E-state index contributed by atoms with van der Waals surface area (Å²) in [5.41, 5.74) is 5.31. The van der Waals surface area contributed by atoms with Crippen molar-refractivity contribution in [2.45, 2.75) is 25.3 Å². The van der Waals surface area contributed by atoms with Crippen LogP contribution in [-0.4, -0.2) is 48.5 Å². The standard InChI is InChI=1S/C16H19BrN2O5/c17-11-4-6-12(7-5-11)23-10-15(21)24-9-14(20)19-8-2-1-3-13(19)16(18)22/h4-7,13H,1-3,8-10H2,(H2,18,22)/t13-/m1/s1.